The van der Waals surface area contributed by atoms with Crippen LogP contribution in [0.1, 0.15) is 22.3 Å². The Morgan fingerprint density at radius 2 is 1.63 bits per heavy atom. The molecule has 0 aromatic heterocycles. The van der Waals surface area contributed by atoms with Gasteiger partial charge in [-0.05, 0) is 55.0 Å². The second-order valence-corrected chi connectivity index (χ2v) is 6.00. The second-order valence-electron chi connectivity index (χ2n) is 6.00. The van der Waals surface area contributed by atoms with Gasteiger partial charge in [0.2, 0.25) is 5.91 Å². The van der Waals surface area contributed by atoms with Crippen molar-refractivity contribution < 1.29 is 28.0 Å². The van der Waals surface area contributed by atoms with E-state index >= 15 is 0 Å². The molecular formula is C18H16F3N3O3. The van der Waals surface area contributed by atoms with Crippen LogP contribution in [0.5, 0.6) is 0 Å². The van der Waals surface area contributed by atoms with E-state index < -0.39 is 23.7 Å². The molecule has 3 N–H and O–H groups in total. The Morgan fingerprint density at radius 3 is 2.07 bits per heavy atom. The first-order valence-electron chi connectivity index (χ1n) is 8.10. The SMILES string of the molecule is O=C(NO)c1ccc(N(c2ccc(C(F)(F)F)cc2)C2CCNC2=O)cc1. The zero-order chi connectivity index (χ0) is 19.6. The molecule has 0 aliphatic carbocycles. The van der Waals surface area contributed by atoms with Crippen LogP contribution in [0.15, 0.2) is 48.5 Å². The summed E-state index contributed by atoms with van der Waals surface area (Å²) in [4.78, 5) is 25.3. The molecule has 1 saturated heterocycles. The van der Waals surface area contributed by atoms with Gasteiger partial charge in [-0.15, -0.1) is 0 Å². The standard InChI is InChI=1S/C18H16F3N3O3/c19-18(20,21)12-3-7-14(8-4-12)24(15-9-10-22-17(15)26)13-5-1-11(2-6-13)16(25)23-27/h1-8,15,27H,9-10H2,(H,22,26)(H,23,25). The lowest BCUT2D eigenvalue weighted by atomic mass is 10.1. The fraction of sp³-hybridized carbons (Fsp3) is 0.222. The van der Waals surface area contributed by atoms with Gasteiger partial charge in [0.05, 0.1) is 5.56 Å². The van der Waals surface area contributed by atoms with Crippen molar-refractivity contribution in [3.05, 3.63) is 59.7 Å². The number of anilines is 2. The highest BCUT2D eigenvalue weighted by Gasteiger charge is 2.33. The molecule has 2 aromatic rings. The van der Waals surface area contributed by atoms with Crippen LogP contribution in [0.2, 0.25) is 0 Å². The Kier molecular flexibility index (Phi) is 5.04. The van der Waals surface area contributed by atoms with Crippen molar-refractivity contribution in [1.82, 2.24) is 10.8 Å². The third-order valence-corrected chi connectivity index (χ3v) is 4.31. The topological polar surface area (TPSA) is 81.7 Å². The maximum absolute atomic E-state index is 12.8. The van der Waals surface area contributed by atoms with Gasteiger partial charge in [0, 0.05) is 23.5 Å². The summed E-state index contributed by atoms with van der Waals surface area (Å²) in [7, 11) is 0. The minimum Gasteiger partial charge on any atom is -0.354 e. The van der Waals surface area contributed by atoms with E-state index in [-0.39, 0.29) is 11.5 Å². The lowest BCUT2D eigenvalue weighted by Crippen LogP contribution is -2.37. The van der Waals surface area contributed by atoms with Crippen molar-refractivity contribution in [2.75, 3.05) is 11.4 Å². The second kappa shape index (κ2) is 7.28. The van der Waals surface area contributed by atoms with Gasteiger partial charge in [-0.3, -0.25) is 14.8 Å². The van der Waals surface area contributed by atoms with E-state index in [1.165, 1.54) is 29.7 Å². The van der Waals surface area contributed by atoms with Crippen LogP contribution >= 0.6 is 0 Å². The van der Waals surface area contributed by atoms with Crippen molar-refractivity contribution in [1.29, 1.82) is 0 Å². The number of rotatable bonds is 4. The van der Waals surface area contributed by atoms with Crippen LogP contribution < -0.4 is 15.7 Å². The smallest absolute Gasteiger partial charge is 0.354 e. The number of nitrogens with one attached hydrogen (secondary N) is 2. The van der Waals surface area contributed by atoms with Crippen LogP contribution in [0.3, 0.4) is 0 Å². The van der Waals surface area contributed by atoms with E-state index in [1.807, 2.05) is 0 Å². The molecule has 0 spiro atoms. The number of benzene rings is 2. The quantitative estimate of drug-likeness (QED) is 0.564. The monoisotopic (exact) mass is 379 g/mol. The van der Waals surface area contributed by atoms with E-state index in [1.54, 1.807) is 17.0 Å². The first-order chi connectivity index (χ1) is 12.8. The highest BCUT2D eigenvalue weighted by molar-refractivity contribution is 5.94. The summed E-state index contributed by atoms with van der Waals surface area (Å²) < 4.78 is 38.5. The van der Waals surface area contributed by atoms with Crippen molar-refractivity contribution in [2.24, 2.45) is 0 Å². The Bertz CT molecular complexity index is 836. The van der Waals surface area contributed by atoms with Crippen molar-refractivity contribution >= 4 is 23.2 Å². The molecule has 1 aliphatic rings. The number of nitrogens with zero attached hydrogens (tertiary/aromatic N) is 1. The zero-order valence-corrected chi connectivity index (χ0v) is 14.0. The van der Waals surface area contributed by atoms with E-state index in [0.717, 1.165) is 12.1 Å². The molecular weight excluding hydrogens is 363 g/mol. The third kappa shape index (κ3) is 3.87. The van der Waals surface area contributed by atoms with Crippen molar-refractivity contribution in [3.8, 4) is 0 Å². The number of carbonyl (C=O) groups excluding carboxylic acids is 2. The van der Waals surface area contributed by atoms with Gasteiger partial charge in [0.15, 0.2) is 0 Å². The number of carbonyl (C=O) groups is 2. The van der Waals surface area contributed by atoms with Crippen molar-refractivity contribution in [3.63, 3.8) is 0 Å². The summed E-state index contributed by atoms with van der Waals surface area (Å²) in [5, 5.41) is 11.4. The third-order valence-electron chi connectivity index (χ3n) is 4.31. The molecule has 1 unspecified atom stereocenters. The Hall–Kier alpha value is -3.07. The molecule has 142 valence electrons. The largest absolute Gasteiger partial charge is 0.416 e. The predicted molar refractivity (Wildman–Crippen MR) is 90.7 cm³/mol. The average molecular weight is 379 g/mol. The van der Waals surface area contributed by atoms with E-state index in [4.69, 9.17) is 5.21 Å². The summed E-state index contributed by atoms with van der Waals surface area (Å²) in [6.45, 7) is 0.464. The molecule has 9 heteroatoms. The summed E-state index contributed by atoms with van der Waals surface area (Å²) in [6.07, 6.45) is -3.97. The number of alkyl halides is 3. The number of halogens is 3. The average Bonchev–Trinajstić information content (AvgIpc) is 3.07. The van der Waals surface area contributed by atoms with Gasteiger partial charge < -0.3 is 10.2 Å². The summed E-state index contributed by atoms with van der Waals surface area (Å²) in [5.41, 5.74) is 1.89. The Morgan fingerprint density at radius 1 is 1.07 bits per heavy atom. The van der Waals surface area contributed by atoms with Crippen LogP contribution in [0, 0.1) is 0 Å². The van der Waals surface area contributed by atoms with Crippen LogP contribution in [0.25, 0.3) is 0 Å². The highest BCUT2D eigenvalue weighted by atomic mass is 19.4. The lowest BCUT2D eigenvalue weighted by Gasteiger charge is -2.30. The minimum absolute atomic E-state index is 0.199. The van der Waals surface area contributed by atoms with Gasteiger partial charge in [0.25, 0.3) is 5.91 Å². The summed E-state index contributed by atoms with van der Waals surface area (Å²) >= 11 is 0. The van der Waals surface area contributed by atoms with Gasteiger partial charge in [0.1, 0.15) is 6.04 Å². The highest BCUT2D eigenvalue weighted by Crippen LogP contribution is 2.34. The molecule has 1 atom stereocenters. The molecule has 3 rings (SSSR count). The first kappa shape index (κ1) is 18.7. The molecule has 27 heavy (non-hydrogen) atoms. The fourth-order valence-electron chi connectivity index (χ4n) is 2.99. The number of hydrogen-bond donors (Lipinski definition) is 3. The lowest BCUT2D eigenvalue weighted by molar-refractivity contribution is -0.137. The molecule has 0 radical (unpaired) electrons. The molecule has 2 amide bonds. The zero-order valence-electron chi connectivity index (χ0n) is 14.0. The van der Waals surface area contributed by atoms with E-state index in [9.17, 15) is 22.8 Å². The van der Waals surface area contributed by atoms with Gasteiger partial charge in [-0.25, -0.2) is 5.48 Å². The predicted octanol–water partition coefficient (Wildman–Crippen LogP) is 2.85. The number of amides is 2. The Balaban J connectivity index is 1.99. The molecule has 0 saturated carbocycles. The molecule has 2 aromatic carbocycles. The van der Waals surface area contributed by atoms with Crippen molar-refractivity contribution in [2.45, 2.75) is 18.6 Å². The van der Waals surface area contributed by atoms with Gasteiger partial charge >= 0.3 is 6.18 Å². The van der Waals surface area contributed by atoms with Crippen LogP contribution in [-0.2, 0) is 11.0 Å². The maximum Gasteiger partial charge on any atom is 0.416 e. The molecule has 1 heterocycles. The first-order valence-corrected chi connectivity index (χ1v) is 8.10. The minimum atomic E-state index is -4.45. The summed E-state index contributed by atoms with van der Waals surface area (Å²) in [5.74, 6) is -0.923. The fourth-order valence-corrected chi connectivity index (χ4v) is 2.99. The molecule has 1 fully saturated rings. The maximum atomic E-state index is 12.8. The molecule has 1 aliphatic heterocycles. The van der Waals surface area contributed by atoms with E-state index in [0.29, 0.717) is 24.3 Å². The molecule has 0 bridgehead atoms. The Labute approximate surface area is 152 Å². The molecule has 6 nitrogen and oxygen atoms in total. The van der Waals surface area contributed by atoms with Crippen LogP contribution in [0.4, 0.5) is 24.5 Å². The number of hydrogen-bond acceptors (Lipinski definition) is 4. The van der Waals surface area contributed by atoms with Gasteiger partial charge in [-0.1, -0.05) is 0 Å². The van der Waals surface area contributed by atoms with E-state index in [2.05, 4.69) is 5.32 Å². The summed E-state index contributed by atoms with van der Waals surface area (Å²) in [6, 6.07) is 9.98. The van der Waals surface area contributed by atoms with Gasteiger partial charge in [-0.2, -0.15) is 13.2 Å². The van der Waals surface area contributed by atoms with Crippen LogP contribution in [-0.4, -0.2) is 29.6 Å². The normalized spacial score (nSPS) is 16.7. The number of hydroxylamine groups is 1.